The van der Waals surface area contributed by atoms with Crippen molar-refractivity contribution in [2.45, 2.75) is 11.6 Å². The molecule has 162 valence electrons. The highest BCUT2D eigenvalue weighted by Gasteiger charge is 2.25. The third-order valence-corrected chi connectivity index (χ3v) is 6.90. The number of thioether (sulfide) groups is 1. The van der Waals surface area contributed by atoms with E-state index < -0.39 is 0 Å². The highest BCUT2D eigenvalue weighted by Crippen LogP contribution is 2.33. The molecule has 0 fully saturated rings. The van der Waals surface area contributed by atoms with E-state index in [4.69, 9.17) is 0 Å². The number of H-pyrrole nitrogens is 1. The lowest BCUT2D eigenvalue weighted by atomic mass is 10.1. The molecule has 0 saturated carbocycles. The minimum atomic E-state index is 0.0844. The molecular formula is C26H21N5OS. The number of nitrogens with one attached hydrogen (secondary N) is 1. The van der Waals surface area contributed by atoms with Crippen molar-refractivity contribution in [2.24, 2.45) is 0 Å². The van der Waals surface area contributed by atoms with Gasteiger partial charge in [-0.3, -0.25) is 9.36 Å². The van der Waals surface area contributed by atoms with Crippen molar-refractivity contribution in [3.8, 4) is 17.1 Å². The number of hydrogen-bond acceptors (Lipinski definition) is 4. The van der Waals surface area contributed by atoms with Gasteiger partial charge in [0.15, 0.2) is 11.0 Å². The van der Waals surface area contributed by atoms with E-state index in [0.29, 0.717) is 10.9 Å². The van der Waals surface area contributed by atoms with Gasteiger partial charge in [-0.1, -0.05) is 66.4 Å². The summed E-state index contributed by atoms with van der Waals surface area (Å²) in [7, 11) is 0. The molecule has 0 saturated heterocycles. The molecule has 0 spiro atoms. The fourth-order valence-corrected chi connectivity index (χ4v) is 5.23. The first-order chi connectivity index (χ1) is 16.3. The van der Waals surface area contributed by atoms with Crippen molar-refractivity contribution in [1.29, 1.82) is 0 Å². The SMILES string of the molecule is O=C(CSc1nnc(-c2c[nH]c3ccccc23)n1-c1ccccc1)N1CCc2ccccc21. The van der Waals surface area contributed by atoms with Crippen molar-refractivity contribution in [3.63, 3.8) is 0 Å². The van der Waals surface area contributed by atoms with Gasteiger partial charge in [-0.25, -0.2) is 0 Å². The summed E-state index contributed by atoms with van der Waals surface area (Å²) >= 11 is 1.42. The standard InChI is InChI=1S/C26H21N5OS/c32-24(30-15-14-18-8-4-7-13-23(18)30)17-33-26-29-28-25(31(26)19-9-2-1-3-10-19)21-16-27-22-12-6-5-11-20(21)22/h1-13,16,27H,14-15,17H2. The number of benzene rings is 3. The molecule has 0 radical (unpaired) electrons. The summed E-state index contributed by atoms with van der Waals surface area (Å²) in [6.07, 6.45) is 2.87. The van der Waals surface area contributed by atoms with E-state index in [9.17, 15) is 4.79 Å². The Labute approximate surface area is 195 Å². The van der Waals surface area contributed by atoms with Crippen LogP contribution in [0.5, 0.6) is 0 Å². The molecule has 0 bridgehead atoms. The highest BCUT2D eigenvalue weighted by molar-refractivity contribution is 7.99. The van der Waals surface area contributed by atoms with Gasteiger partial charge in [0.1, 0.15) is 0 Å². The van der Waals surface area contributed by atoms with Crippen LogP contribution in [0.2, 0.25) is 0 Å². The first-order valence-corrected chi connectivity index (χ1v) is 11.9. The van der Waals surface area contributed by atoms with Gasteiger partial charge in [0.25, 0.3) is 0 Å². The fraction of sp³-hybridized carbons (Fsp3) is 0.115. The maximum atomic E-state index is 13.1. The van der Waals surface area contributed by atoms with Gasteiger partial charge in [-0.05, 0) is 36.2 Å². The summed E-state index contributed by atoms with van der Waals surface area (Å²) in [5, 5.41) is 10.8. The number of para-hydroxylation sites is 3. The number of nitrogens with zero attached hydrogens (tertiary/aromatic N) is 4. The Bertz CT molecular complexity index is 1460. The number of aromatic amines is 1. The van der Waals surface area contributed by atoms with Crippen LogP contribution < -0.4 is 4.90 Å². The summed E-state index contributed by atoms with van der Waals surface area (Å²) in [6.45, 7) is 0.727. The number of amides is 1. The van der Waals surface area contributed by atoms with Crippen LogP contribution in [0.15, 0.2) is 90.2 Å². The van der Waals surface area contributed by atoms with E-state index in [-0.39, 0.29) is 5.91 Å². The number of aromatic nitrogens is 4. The summed E-state index contributed by atoms with van der Waals surface area (Å²) in [5.41, 5.74) is 5.24. The molecule has 1 aliphatic rings. The minimum Gasteiger partial charge on any atom is -0.360 e. The molecule has 0 atom stereocenters. The van der Waals surface area contributed by atoms with Gasteiger partial charge in [0.05, 0.1) is 5.75 Å². The van der Waals surface area contributed by atoms with E-state index in [0.717, 1.165) is 46.6 Å². The van der Waals surface area contributed by atoms with Crippen LogP contribution in [-0.2, 0) is 11.2 Å². The Morgan fingerprint density at radius 3 is 2.64 bits per heavy atom. The summed E-state index contributed by atoms with van der Waals surface area (Å²) in [5.74, 6) is 1.13. The lowest BCUT2D eigenvalue weighted by molar-refractivity contribution is -0.116. The molecular weight excluding hydrogens is 430 g/mol. The number of anilines is 1. The number of hydrogen-bond donors (Lipinski definition) is 1. The van der Waals surface area contributed by atoms with E-state index in [1.165, 1.54) is 17.3 Å². The normalized spacial score (nSPS) is 12.9. The molecule has 0 aliphatic carbocycles. The number of carbonyl (C=O) groups is 1. The Hall–Kier alpha value is -3.84. The molecule has 7 heteroatoms. The van der Waals surface area contributed by atoms with Gasteiger partial charge < -0.3 is 9.88 Å². The Balaban J connectivity index is 1.34. The summed E-state index contributed by atoms with van der Waals surface area (Å²) < 4.78 is 2.03. The third-order valence-electron chi connectivity index (χ3n) is 5.99. The quantitative estimate of drug-likeness (QED) is 0.378. The molecule has 1 N–H and O–H groups in total. The molecule has 2 aromatic heterocycles. The van der Waals surface area contributed by atoms with Gasteiger partial charge in [-0.15, -0.1) is 10.2 Å². The van der Waals surface area contributed by atoms with Gasteiger partial charge >= 0.3 is 0 Å². The zero-order chi connectivity index (χ0) is 22.2. The lowest BCUT2D eigenvalue weighted by Crippen LogP contribution is -2.30. The molecule has 1 aliphatic heterocycles. The van der Waals surface area contributed by atoms with Crippen LogP contribution in [0.1, 0.15) is 5.56 Å². The highest BCUT2D eigenvalue weighted by atomic mass is 32.2. The second-order valence-electron chi connectivity index (χ2n) is 7.94. The van der Waals surface area contributed by atoms with Crippen LogP contribution in [0, 0.1) is 0 Å². The molecule has 1 amide bonds. The van der Waals surface area contributed by atoms with E-state index in [1.807, 2.05) is 82.4 Å². The lowest BCUT2D eigenvalue weighted by Gasteiger charge is -2.17. The Morgan fingerprint density at radius 2 is 1.73 bits per heavy atom. The van der Waals surface area contributed by atoms with Crippen LogP contribution in [-0.4, -0.2) is 38.0 Å². The molecule has 3 heterocycles. The van der Waals surface area contributed by atoms with E-state index in [2.05, 4.69) is 27.3 Å². The third kappa shape index (κ3) is 3.50. The Kier molecular flexibility index (Phi) is 4.96. The van der Waals surface area contributed by atoms with Crippen molar-refractivity contribution < 1.29 is 4.79 Å². The predicted octanol–water partition coefficient (Wildman–Crippen LogP) is 5.10. The van der Waals surface area contributed by atoms with E-state index >= 15 is 0 Å². The topological polar surface area (TPSA) is 66.8 Å². The van der Waals surface area contributed by atoms with Crippen LogP contribution in [0.4, 0.5) is 5.69 Å². The van der Waals surface area contributed by atoms with Crippen LogP contribution in [0.3, 0.4) is 0 Å². The van der Waals surface area contributed by atoms with Crippen molar-refractivity contribution in [1.82, 2.24) is 19.7 Å². The smallest absolute Gasteiger partial charge is 0.237 e. The van der Waals surface area contributed by atoms with Crippen molar-refractivity contribution in [3.05, 3.63) is 90.6 Å². The Morgan fingerprint density at radius 1 is 0.939 bits per heavy atom. The van der Waals surface area contributed by atoms with Gasteiger partial charge in [-0.2, -0.15) is 0 Å². The zero-order valence-electron chi connectivity index (χ0n) is 17.8. The molecule has 6 rings (SSSR count). The zero-order valence-corrected chi connectivity index (χ0v) is 18.6. The molecule has 3 aromatic carbocycles. The number of rotatable bonds is 5. The van der Waals surface area contributed by atoms with Crippen molar-refractivity contribution in [2.75, 3.05) is 17.2 Å². The van der Waals surface area contributed by atoms with Gasteiger partial charge in [0, 0.05) is 40.6 Å². The molecule has 5 aromatic rings. The molecule has 0 unspecified atom stereocenters. The van der Waals surface area contributed by atoms with Crippen LogP contribution >= 0.6 is 11.8 Å². The molecule has 6 nitrogen and oxygen atoms in total. The maximum Gasteiger partial charge on any atom is 0.237 e. The maximum absolute atomic E-state index is 13.1. The monoisotopic (exact) mass is 451 g/mol. The van der Waals surface area contributed by atoms with Crippen LogP contribution in [0.25, 0.3) is 28.0 Å². The second-order valence-corrected chi connectivity index (χ2v) is 8.88. The van der Waals surface area contributed by atoms with Gasteiger partial charge in [0.2, 0.25) is 5.91 Å². The average Bonchev–Trinajstić information content (AvgIpc) is 3.59. The minimum absolute atomic E-state index is 0.0844. The van der Waals surface area contributed by atoms with E-state index in [1.54, 1.807) is 0 Å². The molecule has 33 heavy (non-hydrogen) atoms. The first kappa shape index (κ1) is 19.8. The summed E-state index contributed by atoms with van der Waals surface area (Å²) in [6, 6.07) is 26.3. The number of carbonyl (C=O) groups excluding carboxylic acids is 1. The first-order valence-electron chi connectivity index (χ1n) is 10.9. The number of fused-ring (bicyclic) bond motifs is 2. The second kappa shape index (κ2) is 8.26. The largest absolute Gasteiger partial charge is 0.360 e. The predicted molar refractivity (Wildman–Crippen MR) is 132 cm³/mol. The average molecular weight is 452 g/mol. The van der Waals surface area contributed by atoms with Crippen molar-refractivity contribution >= 4 is 34.3 Å². The summed E-state index contributed by atoms with van der Waals surface area (Å²) in [4.78, 5) is 18.3. The fourth-order valence-electron chi connectivity index (χ4n) is 4.41.